The summed E-state index contributed by atoms with van der Waals surface area (Å²) in [6.45, 7) is 6.85. The predicted molar refractivity (Wildman–Crippen MR) is 113 cm³/mol. The van der Waals surface area contributed by atoms with Gasteiger partial charge in [0, 0.05) is 42.1 Å². The highest BCUT2D eigenvalue weighted by molar-refractivity contribution is 9.10. The van der Waals surface area contributed by atoms with Crippen LogP contribution in [0.4, 0.5) is 4.39 Å². The molecule has 1 amide bonds. The number of hydrogen-bond donors (Lipinski definition) is 0. The van der Waals surface area contributed by atoms with Gasteiger partial charge in [0.2, 0.25) is 15.9 Å². The molecule has 0 atom stereocenters. The molecule has 1 aromatic carbocycles. The van der Waals surface area contributed by atoms with Gasteiger partial charge in [-0.3, -0.25) is 4.79 Å². The summed E-state index contributed by atoms with van der Waals surface area (Å²) in [5, 5.41) is 0. The summed E-state index contributed by atoms with van der Waals surface area (Å²) in [6.07, 6.45) is 4.07. The molecule has 1 fully saturated rings. The molecule has 0 bridgehead atoms. The van der Waals surface area contributed by atoms with Gasteiger partial charge < -0.3 is 4.90 Å². The highest BCUT2D eigenvalue weighted by Crippen LogP contribution is 2.24. The summed E-state index contributed by atoms with van der Waals surface area (Å²) in [6, 6.07) is 4.66. The van der Waals surface area contributed by atoms with Gasteiger partial charge in [0.1, 0.15) is 5.82 Å². The van der Waals surface area contributed by atoms with E-state index >= 15 is 0 Å². The van der Waals surface area contributed by atoms with E-state index in [9.17, 15) is 17.6 Å². The molecule has 5 nitrogen and oxygen atoms in total. The Morgan fingerprint density at radius 2 is 2.07 bits per heavy atom. The minimum atomic E-state index is -3.25. The van der Waals surface area contributed by atoms with Crippen molar-refractivity contribution in [3.8, 4) is 0 Å². The van der Waals surface area contributed by atoms with Crippen LogP contribution in [0.5, 0.6) is 0 Å². The van der Waals surface area contributed by atoms with E-state index in [2.05, 4.69) is 22.5 Å². The maximum absolute atomic E-state index is 14.1. The van der Waals surface area contributed by atoms with Crippen LogP contribution in [-0.2, 0) is 21.4 Å². The second kappa shape index (κ2) is 10.5. The van der Waals surface area contributed by atoms with E-state index in [1.165, 1.54) is 10.4 Å². The van der Waals surface area contributed by atoms with Crippen molar-refractivity contribution in [2.45, 2.75) is 39.2 Å². The third-order valence-electron chi connectivity index (χ3n) is 4.98. The zero-order valence-corrected chi connectivity index (χ0v) is 18.6. The second-order valence-corrected chi connectivity index (χ2v) is 10.1. The fraction of sp³-hybridized carbons (Fsp3) is 0.550. The van der Waals surface area contributed by atoms with Crippen LogP contribution in [0.1, 0.15) is 38.2 Å². The van der Waals surface area contributed by atoms with Gasteiger partial charge >= 0.3 is 0 Å². The number of carbonyl (C=O) groups excluding carboxylic acids is 1. The third kappa shape index (κ3) is 6.12. The fourth-order valence-corrected chi connectivity index (χ4v) is 5.44. The molecule has 0 spiro atoms. The van der Waals surface area contributed by atoms with Crippen LogP contribution in [0.25, 0.3) is 0 Å². The Hall–Kier alpha value is -1.25. The van der Waals surface area contributed by atoms with E-state index in [1.807, 2.05) is 6.92 Å². The molecule has 1 heterocycles. The molecule has 0 radical (unpaired) electrons. The van der Waals surface area contributed by atoms with Gasteiger partial charge in [-0.05, 0) is 37.5 Å². The minimum Gasteiger partial charge on any atom is -0.334 e. The van der Waals surface area contributed by atoms with Crippen LogP contribution in [0, 0.1) is 11.7 Å². The number of rotatable bonds is 9. The van der Waals surface area contributed by atoms with Crippen molar-refractivity contribution < 1.29 is 17.6 Å². The molecule has 0 aliphatic carbocycles. The van der Waals surface area contributed by atoms with Crippen LogP contribution < -0.4 is 0 Å². The second-order valence-electron chi connectivity index (χ2n) is 7.09. The zero-order valence-electron chi connectivity index (χ0n) is 16.2. The number of nitrogens with zero attached hydrogens (tertiary/aromatic N) is 2. The van der Waals surface area contributed by atoms with E-state index < -0.39 is 10.0 Å². The molecule has 2 rings (SSSR count). The average molecular weight is 475 g/mol. The van der Waals surface area contributed by atoms with Gasteiger partial charge in [0.25, 0.3) is 0 Å². The fourth-order valence-electron chi connectivity index (χ4n) is 3.35. The van der Waals surface area contributed by atoms with Crippen LogP contribution in [0.3, 0.4) is 0 Å². The number of sulfonamides is 1. The Balaban J connectivity index is 2.02. The van der Waals surface area contributed by atoms with Crippen molar-refractivity contribution >= 4 is 31.9 Å². The molecule has 1 aliphatic heterocycles. The summed E-state index contributed by atoms with van der Waals surface area (Å²) in [7, 11) is -3.25. The minimum absolute atomic E-state index is 0.0788. The molecule has 1 saturated heterocycles. The molecule has 0 N–H and O–H groups in total. The lowest BCUT2D eigenvalue weighted by Gasteiger charge is -2.33. The van der Waals surface area contributed by atoms with Gasteiger partial charge in [0.15, 0.2) is 0 Å². The van der Waals surface area contributed by atoms with Gasteiger partial charge in [-0.2, -0.15) is 0 Å². The van der Waals surface area contributed by atoms with Crippen molar-refractivity contribution in [2.75, 3.05) is 25.4 Å². The molecular formula is C20H28BrFN2O3S. The molecule has 156 valence electrons. The lowest BCUT2D eigenvalue weighted by atomic mass is 9.96. The van der Waals surface area contributed by atoms with Crippen LogP contribution >= 0.6 is 15.9 Å². The monoisotopic (exact) mass is 474 g/mol. The normalized spacial score (nSPS) is 16.1. The number of unbranched alkanes of at least 4 members (excludes halogenated alkanes) is 1. The summed E-state index contributed by atoms with van der Waals surface area (Å²) < 4.78 is 41.0. The predicted octanol–water partition coefficient (Wildman–Crippen LogP) is 3.94. The molecule has 1 aromatic rings. The number of hydrogen-bond acceptors (Lipinski definition) is 3. The Morgan fingerprint density at radius 1 is 1.39 bits per heavy atom. The highest BCUT2D eigenvalue weighted by Gasteiger charge is 2.32. The standard InChI is InChI=1S/C20H28BrFN2O3S/c1-3-5-13-28(26,27)24-11-8-16(9-12-24)20(25)23(10-4-2)15-17-14-18(21)6-7-19(17)22/h4,6-7,14,16H,2-3,5,8-13,15H2,1H3. The molecule has 0 aromatic heterocycles. The first kappa shape index (κ1) is 23.0. The quantitative estimate of drug-likeness (QED) is 0.509. The van der Waals surface area contributed by atoms with Gasteiger partial charge in [-0.1, -0.05) is 35.4 Å². The van der Waals surface area contributed by atoms with Gasteiger partial charge in [-0.25, -0.2) is 17.1 Å². The SMILES string of the molecule is C=CCN(Cc1cc(Br)ccc1F)C(=O)C1CCN(S(=O)(=O)CCCC)CC1. The summed E-state index contributed by atoms with van der Waals surface area (Å²) in [4.78, 5) is 14.6. The van der Waals surface area contributed by atoms with Crippen molar-refractivity contribution in [2.24, 2.45) is 5.92 Å². The number of halogens is 2. The average Bonchev–Trinajstić information content (AvgIpc) is 2.68. The van der Waals surface area contributed by atoms with Crippen molar-refractivity contribution in [3.05, 3.63) is 46.7 Å². The Kier molecular flexibility index (Phi) is 8.64. The Bertz CT molecular complexity index is 793. The molecule has 28 heavy (non-hydrogen) atoms. The Morgan fingerprint density at radius 3 is 2.68 bits per heavy atom. The van der Waals surface area contributed by atoms with Crippen LogP contribution in [-0.4, -0.2) is 48.9 Å². The van der Waals surface area contributed by atoms with Gasteiger partial charge in [-0.15, -0.1) is 6.58 Å². The first-order valence-electron chi connectivity index (χ1n) is 9.60. The smallest absolute Gasteiger partial charge is 0.226 e. The van der Waals surface area contributed by atoms with E-state index in [0.717, 1.165) is 10.9 Å². The van der Waals surface area contributed by atoms with Gasteiger partial charge in [0.05, 0.1) is 5.75 Å². The molecular weight excluding hydrogens is 447 g/mol. The zero-order chi connectivity index (χ0) is 20.7. The van der Waals surface area contributed by atoms with E-state index in [-0.39, 0.29) is 29.9 Å². The molecule has 0 unspecified atom stereocenters. The molecule has 8 heteroatoms. The number of amides is 1. The summed E-state index contributed by atoms with van der Waals surface area (Å²) >= 11 is 3.33. The lowest BCUT2D eigenvalue weighted by Crippen LogP contribution is -2.45. The number of benzene rings is 1. The van der Waals surface area contributed by atoms with E-state index in [0.29, 0.717) is 44.5 Å². The highest BCUT2D eigenvalue weighted by atomic mass is 79.9. The topological polar surface area (TPSA) is 57.7 Å². The van der Waals surface area contributed by atoms with E-state index in [4.69, 9.17) is 0 Å². The number of carbonyl (C=O) groups is 1. The maximum atomic E-state index is 14.1. The molecule has 1 aliphatic rings. The summed E-state index contributed by atoms with van der Waals surface area (Å²) in [5.41, 5.74) is 0.434. The summed E-state index contributed by atoms with van der Waals surface area (Å²) in [5.74, 6) is -0.535. The Labute approximate surface area is 175 Å². The van der Waals surface area contributed by atoms with Crippen LogP contribution in [0.2, 0.25) is 0 Å². The van der Waals surface area contributed by atoms with Crippen LogP contribution in [0.15, 0.2) is 35.3 Å². The molecule has 0 saturated carbocycles. The lowest BCUT2D eigenvalue weighted by molar-refractivity contribution is -0.136. The van der Waals surface area contributed by atoms with Crippen molar-refractivity contribution in [3.63, 3.8) is 0 Å². The van der Waals surface area contributed by atoms with E-state index in [1.54, 1.807) is 23.1 Å². The van der Waals surface area contributed by atoms with Crippen molar-refractivity contribution in [1.82, 2.24) is 9.21 Å². The largest absolute Gasteiger partial charge is 0.334 e. The van der Waals surface area contributed by atoms with Crippen molar-refractivity contribution in [1.29, 1.82) is 0 Å². The first-order valence-corrected chi connectivity index (χ1v) is 12.0. The first-order chi connectivity index (χ1) is 13.3. The number of piperidine rings is 1. The maximum Gasteiger partial charge on any atom is 0.226 e. The third-order valence-corrected chi connectivity index (χ3v) is 7.43.